The van der Waals surface area contributed by atoms with E-state index >= 15 is 0 Å². The third-order valence-electron chi connectivity index (χ3n) is 10.8. The summed E-state index contributed by atoms with van der Waals surface area (Å²) in [6, 6.07) is 17.4. The van der Waals surface area contributed by atoms with E-state index < -0.39 is 0 Å². The van der Waals surface area contributed by atoms with Gasteiger partial charge < -0.3 is 0 Å². The molecule has 2 aromatic carbocycles. The Morgan fingerprint density at radius 1 is 0.418 bits per heavy atom. The second-order valence-corrected chi connectivity index (χ2v) is 15.9. The predicted molar refractivity (Wildman–Crippen MR) is 245 cm³/mol. The molecule has 0 amide bonds. The Labute approximate surface area is 352 Å². The van der Waals surface area contributed by atoms with Crippen LogP contribution in [0.4, 0.5) is 11.4 Å². The molecular formula is C52H84N2Ni. The number of aryl methyl sites for hydroxylation is 2. The van der Waals surface area contributed by atoms with Gasteiger partial charge in [-0.15, -0.1) is 0 Å². The van der Waals surface area contributed by atoms with Gasteiger partial charge in [0, 0.05) is 22.7 Å². The normalized spacial score (nSPS) is 12.1. The van der Waals surface area contributed by atoms with Gasteiger partial charge in [-0.25, -0.2) is 0 Å². The van der Waals surface area contributed by atoms with Crippen LogP contribution in [0.3, 0.4) is 0 Å². The van der Waals surface area contributed by atoms with Crippen LogP contribution < -0.4 is 0 Å². The van der Waals surface area contributed by atoms with Crippen LogP contribution in [0, 0.1) is 0 Å². The maximum atomic E-state index is 5.21. The SMILES string of the molecule is CCCCCCCCCCCC/C=C/CCCc1ccccc1/N=C(\C=N\c1ccccc1CCC/C=C/CCCCCCCCCCCC)CCCC.[Ni]. The summed E-state index contributed by atoms with van der Waals surface area (Å²) < 4.78 is 0. The molecule has 2 aromatic rings. The van der Waals surface area contributed by atoms with Crippen molar-refractivity contribution in [3.8, 4) is 0 Å². The molecule has 0 N–H and O–H groups in total. The molecule has 0 unspecified atom stereocenters. The Morgan fingerprint density at radius 3 is 1.24 bits per heavy atom. The van der Waals surface area contributed by atoms with Crippen LogP contribution >= 0.6 is 0 Å². The first-order chi connectivity index (χ1) is 26.8. The molecule has 0 bridgehead atoms. The van der Waals surface area contributed by atoms with Crippen molar-refractivity contribution < 1.29 is 16.5 Å². The van der Waals surface area contributed by atoms with E-state index in [1.165, 1.54) is 165 Å². The largest absolute Gasteiger partial charge is 0.255 e. The van der Waals surface area contributed by atoms with Crippen molar-refractivity contribution >= 4 is 23.3 Å². The fourth-order valence-electron chi connectivity index (χ4n) is 7.28. The molecule has 0 heterocycles. The predicted octanol–water partition coefficient (Wildman–Crippen LogP) is 17.7. The van der Waals surface area contributed by atoms with Crippen LogP contribution in [0.1, 0.15) is 218 Å². The van der Waals surface area contributed by atoms with Crippen molar-refractivity contribution in [2.45, 2.75) is 220 Å². The molecule has 0 fully saturated rings. The number of hydrogen-bond donors (Lipinski definition) is 0. The van der Waals surface area contributed by atoms with E-state index in [1.54, 1.807) is 0 Å². The van der Waals surface area contributed by atoms with E-state index in [1.807, 2.05) is 6.21 Å². The van der Waals surface area contributed by atoms with E-state index in [0.29, 0.717) is 0 Å². The van der Waals surface area contributed by atoms with E-state index in [9.17, 15) is 0 Å². The summed E-state index contributed by atoms with van der Waals surface area (Å²) in [4.78, 5) is 10.3. The molecule has 312 valence electrons. The van der Waals surface area contributed by atoms with Gasteiger partial charge in [-0.3, -0.25) is 9.98 Å². The minimum absolute atomic E-state index is 0. The zero-order valence-corrected chi connectivity index (χ0v) is 37.1. The Kier molecular flexibility index (Phi) is 35.7. The van der Waals surface area contributed by atoms with Crippen molar-refractivity contribution in [1.29, 1.82) is 0 Å². The molecule has 0 aliphatic heterocycles. The monoisotopic (exact) mass is 795 g/mol. The number of allylic oxidation sites excluding steroid dienone is 4. The van der Waals surface area contributed by atoms with Crippen molar-refractivity contribution in [3.63, 3.8) is 0 Å². The van der Waals surface area contributed by atoms with Crippen LogP contribution in [-0.2, 0) is 29.3 Å². The standard InChI is InChI=1S/C52H84N2.Ni/c1-4-7-10-12-14-16-18-20-22-24-26-28-30-32-34-40-48-42-36-38-45-51(48)53-47-50(44-9-6-3)54-52-46-39-37-43-49(52)41-35-33-31-29-27-25-23-21-19-17-15-13-11-8-5-2;/h28-31,36-39,42-43,45-47H,4-27,32-35,40-41,44H2,1-3H3;/b30-28+,31-29+,53-47+,54-50-;. The smallest absolute Gasteiger partial charge is 0.0665 e. The van der Waals surface area contributed by atoms with Crippen LogP contribution in [0.25, 0.3) is 0 Å². The Morgan fingerprint density at radius 2 is 0.782 bits per heavy atom. The Balaban J connectivity index is 0.0000151. The third-order valence-corrected chi connectivity index (χ3v) is 10.8. The molecule has 2 rings (SSSR count). The molecule has 0 spiro atoms. The van der Waals surface area contributed by atoms with Gasteiger partial charge in [-0.05, 0) is 100 Å². The third kappa shape index (κ3) is 28.8. The molecule has 0 aliphatic rings. The van der Waals surface area contributed by atoms with E-state index in [2.05, 4.69) is 93.6 Å². The molecule has 2 nitrogen and oxygen atoms in total. The van der Waals surface area contributed by atoms with Crippen LogP contribution in [0.15, 0.2) is 82.8 Å². The number of unbranched alkanes of at least 4 members (excludes halogenated alkanes) is 23. The van der Waals surface area contributed by atoms with Crippen LogP contribution in [0.2, 0.25) is 0 Å². The maximum absolute atomic E-state index is 5.21. The molecule has 0 aliphatic carbocycles. The number of para-hydroxylation sites is 2. The molecule has 0 saturated heterocycles. The first-order valence-corrected chi connectivity index (χ1v) is 23.4. The fourth-order valence-corrected chi connectivity index (χ4v) is 7.28. The van der Waals surface area contributed by atoms with Crippen LogP contribution in [-0.4, -0.2) is 11.9 Å². The van der Waals surface area contributed by atoms with E-state index in [0.717, 1.165) is 62.0 Å². The summed E-state index contributed by atoms with van der Waals surface area (Å²) in [7, 11) is 0. The number of nitrogens with zero attached hydrogens (tertiary/aromatic N) is 2. The van der Waals surface area contributed by atoms with Crippen LogP contribution in [0.5, 0.6) is 0 Å². The first-order valence-electron chi connectivity index (χ1n) is 23.4. The van der Waals surface area contributed by atoms with Gasteiger partial charge in [0.25, 0.3) is 0 Å². The zero-order valence-electron chi connectivity index (χ0n) is 36.1. The minimum Gasteiger partial charge on any atom is -0.255 e. The van der Waals surface area contributed by atoms with Gasteiger partial charge in [0.05, 0.1) is 17.1 Å². The Hall–Kier alpha value is -2.25. The first kappa shape index (κ1) is 50.8. The number of hydrogen-bond acceptors (Lipinski definition) is 2. The summed E-state index contributed by atoms with van der Waals surface area (Å²) in [5, 5.41) is 0. The molecule has 0 aromatic heterocycles. The molecule has 0 saturated carbocycles. The van der Waals surface area contributed by atoms with E-state index in [4.69, 9.17) is 9.98 Å². The van der Waals surface area contributed by atoms with Gasteiger partial charge in [-0.1, -0.05) is 203 Å². The minimum atomic E-state index is 0. The average molecular weight is 796 g/mol. The van der Waals surface area contributed by atoms with Crippen molar-refractivity contribution in [1.82, 2.24) is 0 Å². The summed E-state index contributed by atoms with van der Waals surface area (Å²) in [6.07, 6.45) is 52.3. The number of benzene rings is 2. The second-order valence-electron chi connectivity index (χ2n) is 15.9. The van der Waals surface area contributed by atoms with Gasteiger partial charge in [-0.2, -0.15) is 0 Å². The number of rotatable bonds is 36. The van der Waals surface area contributed by atoms with Crippen molar-refractivity contribution in [2.24, 2.45) is 9.98 Å². The number of aliphatic imine (C=N–C) groups is 2. The summed E-state index contributed by atoms with van der Waals surface area (Å²) in [6.45, 7) is 6.85. The summed E-state index contributed by atoms with van der Waals surface area (Å²) in [5.41, 5.74) is 5.99. The zero-order chi connectivity index (χ0) is 38.4. The maximum Gasteiger partial charge on any atom is 0.0665 e. The van der Waals surface area contributed by atoms with Gasteiger partial charge in [0.2, 0.25) is 0 Å². The van der Waals surface area contributed by atoms with Gasteiger partial charge in [0.15, 0.2) is 0 Å². The second kappa shape index (κ2) is 38.6. The van der Waals surface area contributed by atoms with E-state index in [-0.39, 0.29) is 16.5 Å². The topological polar surface area (TPSA) is 24.7 Å². The molecule has 0 radical (unpaired) electrons. The molecule has 55 heavy (non-hydrogen) atoms. The summed E-state index contributed by atoms with van der Waals surface area (Å²) >= 11 is 0. The van der Waals surface area contributed by atoms with Crippen molar-refractivity contribution in [3.05, 3.63) is 84.0 Å². The molecular weight excluding hydrogens is 711 g/mol. The molecule has 0 atom stereocenters. The van der Waals surface area contributed by atoms with Gasteiger partial charge in [0.1, 0.15) is 0 Å². The summed E-state index contributed by atoms with van der Waals surface area (Å²) in [5.74, 6) is 0. The molecule has 3 heteroatoms. The Bertz CT molecular complexity index is 1260. The quantitative estimate of drug-likeness (QED) is 0.0284. The van der Waals surface area contributed by atoms with Crippen molar-refractivity contribution in [2.75, 3.05) is 0 Å². The van der Waals surface area contributed by atoms with Gasteiger partial charge >= 0.3 is 0 Å². The average Bonchev–Trinajstić information content (AvgIpc) is 3.19. The fraction of sp³-hybridized carbons (Fsp3) is 0.654.